The van der Waals surface area contributed by atoms with Crippen molar-refractivity contribution in [1.29, 1.82) is 0 Å². The van der Waals surface area contributed by atoms with Crippen molar-refractivity contribution in [1.82, 2.24) is 0 Å². The molecule has 2 N–H and O–H groups in total. The lowest BCUT2D eigenvalue weighted by molar-refractivity contribution is 1.45. The molecule has 0 heterocycles. The molecule has 0 fully saturated rings. The van der Waals surface area contributed by atoms with Crippen LogP contribution in [0.2, 0.25) is 0 Å². The van der Waals surface area contributed by atoms with Gasteiger partial charge in [0.05, 0.1) is 0 Å². The maximum atomic E-state index is 5.46. The SMILES string of the molecule is C=C/C(Cl)=C\C(=C)N. The molecule has 0 atom stereocenters. The molecule has 0 bridgehead atoms. The van der Waals surface area contributed by atoms with Crippen molar-refractivity contribution in [3.63, 3.8) is 0 Å². The molecule has 0 rings (SSSR count). The lowest BCUT2D eigenvalue weighted by atomic mass is 10.4. The van der Waals surface area contributed by atoms with Crippen LogP contribution in [0.1, 0.15) is 0 Å². The largest absolute Gasteiger partial charge is 0.399 e. The molecule has 1 nitrogen and oxygen atoms in total. The van der Waals surface area contributed by atoms with E-state index in [1.165, 1.54) is 12.2 Å². The van der Waals surface area contributed by atoms with E-state index < -0.39 is 0 Å². The number of rotatable bonds is 2. The summed E-state index contributed by atoms with van der Waals surface area (Å²) in [5, 5.41) is 0.512. The first-order valence-electron chi connectivity index (χ1n) is 2.11. The lowest BCUT2D eigenvalue weighted by Gasteiger charge is -1.85. The van der Waals surface area contributed by atoms with Gasteiger partial charge in [-0.2, -0.15) is 0 Å². The summed E-state index contributed by atoms with van der Waals surface area (Å²) in [6.07, 6.45) is 3.04. The van der Waals surface area contributed by atoms with E-state index in [0.717, 1.165) is 0 Å². The Bertz CT molecular complexity index is 135. The van der Waals surface area contributed by atoms with E-state index in [1.807, 2.05) is 0 Å². The van der Waals surface area contributed by atoms with Crippen LogP contribution in [-0.4, -0.2) is 0 Å². The first-order valence-corrected chi connectivity index (χ1v) is 2.48. The van der Waals surface area contributed by atoms with Gasteiger partial charge in [-0.25, -0.2) is 0 Å². The summed E-state index contributed by atoms with van der Waals surface area (Å²) >= 11 is 5.46. The van der Waals surface area contributed by atoms with Crippen LogP contribution in [0.15, 0.2) is 36.0 Å². The molecule has 0 radical (unpaired) electrons. The molecule has 0 aliphatic heterocycles. The molecular formula is C6H8ClN. The minimum Gasteiger partial charge on any atom is -0.399 e. The van der Waals surface area contributed by atoms with Crippen molar-refractivity contribution in [3.8, 4) is 0 Å². The average Bonchev–Trinajstić information content (AvgIpc) is 1.65. The summed E-state index contributed by atoms with van der Waals surface area (Å²) in [7, 11) is 0. The minimum atomic E-state index is 0.440. The van der Waals surface area contributed by atoms with Crippen molar-refractivity contribution < 1.29 is 0 Å². The monoisotopic (exact) mass is 129 g/mol. The number of allylic oxidation sites excluding steroid dienone is 3. The third kappa shape index (κ3) is 3.50. The van der Waals surface area contributed by atoms with Crippen LogP contribution in [0.25, 0.3) is 0 Å². The average molecular weight is 130 g/mol. The Labute approximate surface area is 54.1 Å². The molecule has 0 spiro atoms. The van der Waals surface area contributed by atoms with Gasteiger partial charge in [-0.1, -0.05) is 30.8 Å². The van der Waals surface area contributed by atoms with Crippen LogP contribution in [0, 0.1) is 0 Å². The van der Waals surface area contributed by atoms with Gasteiger partial charge in [0.15, 0.2) is 0 Å². The Morgan fingerprint density at radius 3 is 2.25 bits per heavy atom. The van der Waals surface area contributed by atoms with Crippen molar-refractivity contribution in [3.05, 3.63) is 36.0 Å². The van der Waals surface area contributed by atoms with Crippen LogP contribution in [0.3, 0.4) is 0 Å². The van der Waals surface area contributed by atoms with Crippen LogP contribution >= 0.6 is 11.6 Å². The Morgan fingerprint density at radius 2 is 2.12 bits per heavy atom. The van der Waals surface area contributed by atoms with E-state index in [4.69, 9.17) is 17.3 Å². The molecular weight excluding hydrogens is 122 g/mol. The Balaban J connectivity index is 3.94. The van der Waals surface area contributed by atoms with E-state index in [2.05, 4.69) is 13.2 Å². The van der Waals surface area contributed by atoms with Gasteiger partial charge >= 0.3 is 0 Å². The summed E-state index contributed by atoms with van der Waals surface area (Å²) in [5.74, 6) is 0. The van der Waals surface area contributed by atoms with E-state index in [1.54, 1.807) is 0 Å². The fraction of sp³-hybridized carbons (Fsp3) is 0. The highest BCUT2D eigenvalue weighted by Gasteiger charge is 1.80. The van der Waals surface area contributed by atoms with Crippen molar-refractivity contribution in [2.45, 2.75) is 0 Å². The fourth-order valence-corrected chi connectivity index (χ4v) is 0.376. The van der Waals surface area contributed by atoms with Gasteiger partial charge in [0.25, 0.3) is 0 Å². The Kier molecular flexibility index (Phi) is 3.04. The highest BCUT2D eigenvalue weighted by Crippen LogP contribution is 2.02. The molecule has 0 aromatic heterocycles. The number of halogens is 1. The second kappa shape index (κ2) is 3.33. The number of hydrogen-bond acceptors (Lipinski definition) is 1. The predicted octanol–water partition coefficient (Wildman–Crippen LogP) is 1.77. The van der Waals surface area contributed by atoms with Crippen LogP contribution in [0.5, 0.6) is 0 Å². The van der Waals surface area contributed by atoms with E-state index in [-0.39, 0.29) is 0 Å². The fourth-order valence-electron chi connectivity index (χ4n) is 0.236. The third-order valence-electron chi connectivity index (χ3n) is 0.518. The second-order valence-corrected chi connectivity index (χ2v) is 1.74. The van der Waals surface area contributed by atoms with Gasteiger partial charge < -0.3 is 5.73 Å². The summed E-state index contributed by atoms with van der Waals surface area (Å²) < 4.78 is 0. The summed E-state index contributed by atoms with van der Waals surface area (Å²) in [6, 6.07) is 0. The third-order valence-corrected chi connectivity index (χ3v) is 0.782. The maximum absolute atomic E-state index is 5.46. The van der Waals surface area contributed by atoms with Crippen LogP contribution < -0.4 is 5.73 Å². The van der Waals surface area contributed by atoms with Gasteiger partial charge in [-0.05, 0) is 6.08 Å². The Morgan fingerprint density at radius 1 is 1.62 bits per heavy atom. The van der Waals surface area contributed by atoms with Gasteiger partial charge in [-0.3, -0.25) is 0 Å². The molecule has 8 heavy (non-hydrogen) atoms. The van der Waals surface area contributed by atoms with Gasteiger partial charge in [0.1, 0.15) is 0 Å². The van der Waals surface area contributed by atoms with Gasteiger partial charge in [-0.15, -0.1) is 0 Å². The van der Waals surface area contributed by atoms with E-state index in [0.29, 0.717) is 10.7 Å². The van der Waals surface area contributed by atoms with Gasteiger partial charge in [0.2, 0.25) is 0 Å². The van der Waals surface area contributed by atoms with Crippen molar-refractivity contribution >= 4 is 11.6 Å². The first kappa shape index (κ1) is 7.31. The molecule has 0 aromatic rings. The molecule has 2 heteroatoms. The standard InChI is InChI=1S/C6H8ClN/c1-3-6(7)4-5(2)8/h3-4H,1-2,8H2/b6-4+. The molecule has 0 unspecified atom stereocenters. The molecule has 0 aliphatic carbocycles. The quantitative estimate of drug-likeness (QED) is 0.565. The zero-order valence-electron chi connectivity index (χ0n) is 4.52. The molecule has 0 amide bonds. The number of hydrogen-bond donors (Lipinski definition) is 1. The zero-order chi connectivity index (χ0) is 6.57. The van der Waals surface area contributed by atoms with E-state index >= 15 is 0 Å². The molecule has 0 saturated heterocycles. The highest BCUT2D eigenvalue weighted by molar-refractivity contribution is 6.31. The molecule has 44 valence electrons. The minimum absolute atomic E-state index is 0.440. The first-order chi connectivity index (χ1) is 3.66. The summed E-state index contributed by atoms with van der Waals surface area (Å²) in [4.78, 5) is 0. The molecule has 0 aromatic carbocycles. The topological polar surface area (TPSA) is 26.0 Å². The lowest BCUT2D eigenvalue weighted by Crippen LogP contribution is -1.88. The summed E-state index contributed by atoms with van der Waals surface area (Å²) in [6.45, 7) is 6.83. The van der Waals surface area contributed by atoms with Crippen LogP contribution in [0.4, 0.5) is 0 Å². The number of nitrogens with two attached hydrogens (primary N) is 1. The molecule has 0 aliphatic rings. The van der Waals surface area contributed by atoms with Crippen LogP contribution in [-0.2, 0) is 0 Å². The highest BCUT2D eigenvalue weighted by atomic mass is 35.5. The van der Waals surface area contributed by atoms with Gasteiger partial charge in [0, 0.05) is 10.7 Å². The smallest absolute Gasteiger partial charge is 0.0420 e. The normalized spacial score (nSPS) is 10.9. The predicted molar refractivity (Wildman–Crippen MR) is 37.5 cm³/mol. The Hall–Kier alpha value is -0.690. The second-order valence-electron chi connectivity index (χ2n) is 1.31. The van der Waals surface area contributed by atoms with Crippen molar-refractivity contribution in [2.75, 3.05) is 0 Å². The van der Waals surface area contributed by atoms with E-state index in [9.17, 15) is 0 Å². The summed E-state index contributed by atoms with van der Waals surface area (Å²) in [5.41, 5.74) is 5.61. The molecule has 0 saturated carbocycles. The zero-order valence-corrected chi connectivity index (χ0v) is 5.28. The van der Waals surface area contributed by atoms with Crippen molar-refractivity contribution in [2.24, 2.45) is 5.73 Å². The maximum Gasteiger partial charge on any atom is 0.0420 e.